The average Bonchev–Trinajstić information content (AvgIpc) is 3.20. The highest BCUT2D eigenvalue weighted by atomic mass is 16.5. The third-order valence-electron chi connectivity index (χ3n) is 5.14. The first kappa shape index (κ1) is 20.9. The summed E-state index contributed by atoms with van der Waals surface area (Å²) in [6.07, 6.45) is 2.03. The number of rotatable bonds is 8. The SMILES string of the molecule is COc1ccccc1-c1cccc(CC2(C(=O)NCCNC(C)=O)CCCO2)c1. The molecule has 6 heteroatoms. The van der Waals surface area contributed by atoms with Gasteiger partial charge in [0.15, 0.2) is 5.60 Å². The average molecular weight is 396 g/mol. The van der Waals surface area contributed by atoms with E-state index >= 15 is 0 Å². The van der Waals surface area contributed by atoms with E-state index in [0.29, 0.717) is 32.5 Å². The Morgan fingerprint density at radius 1 is 1.10 bits per heavy atom. The van der Waals surface area contributed by atoms with Crippen LogP contribution < -0.4 is 15.4 Å². The van der Waals surface area contributed by atoms with Crippen LogP contribution in [0.3, 0.4) is 0 Å². The van der Waals surface area contributed by atoms with Crippen LogP contribution in [0.4, 0.5) is 0 Å². The summed E-state index contributed by atoms with van der Waals surface area (Å²) in [4.78, 5) is 23.9. The molecular weight excluding hydrogens is 368 g/mol. The van der Waals surface area contributed by atoms with Crippen molar-refractivity contribution in [3.8, 4) is 16.9 Å². The highest BCUT2D eigenvalue weighted by Crippen LogP contribution is 2.33. The maximum atomic E-state index is 12.9. The molecule has 0 aliphatic carbocycles. The first-order valence-electron chi connectivity index (χ1n) is 9.93. The second kappa shape index (κ2) is 9.56. The molecule has 3 rings (SSSR count). The first-order valence-corrected chi connectivity index (χ1v) is 9.93. The van der Waals surface area contributed by atoms with Gasteiger partial charge in [-0.15, -0.1) is 0 Å². The number of amides is 2. The molecule has 1 aliphatic heterocycles. The standard InChI is InChI=1S/C23H28N2O4/c1-17(26)24-12-13-25-22(27)23(11-6-14-29-23)16-18-7-5-8-19(15-18)20-9-3-4-10-21(20)28-2/h3-5,7-10,15H,6,11-14,16H2,1-2H3,(H,24,26)(H,25,27). The van der Waals surface area contributed by atoms with Crippen LogP contribution in [-0.2, 0) is 20.7 Å². The Morgan fingerprint density at radius 2 is 1.90 bits per heavy atom. The van der Waals surface area contributed by atoms with Crippen LogP contribution in [0, 0.1) is 0 Å². The van der Waals surface area contributed by atoms with Crippen LogP contribution >= 0.6 is 0 Å². The van der Waals surface area contributed by atoms with Crippen molar-refractivity contribution >= 4 is 11.8 Å². The molecule has 2 aromatic carbocycles. The zero-order chi connectivity index (χ0) is 20.7. The molecule has 0 aromatic heterocycles. The van der Waals surface area contributed by atoms with Crippen molar-refractivity contribution in [1.29, 1.82) is 0 Å². The fraction of sp³-hybridized carbons (Fsp3) is 0.391. The lowest BCUT2D eigenvalue weighted by Gasteiger charge is -2.27. The van der Waals surface area contributed by atoms with E-state index in [2.05, 4.69) is 16.7 Å². The summed E-state index contributed by atoms with van der Waals surface area (Å²) < 4.78 is 11.4. The van der Waals surface area contributed by atoms with Gasteiger partial charge in [-0.2, -0.15) is 0 Å². The molecule has 1 aliphatic rings. The number of carbonyl (C=O) groups excluding carboxylic acids is 2. The minimum absolute atomic E-state index is 0.112. The van der Waals surface area contributed by atoms with Gasteiger partial charge in [-0.3, -0.25) is 9.59 Å². The van der Waals surface area contributed by atoms with E-state index < -0.39 is 5.60 Å². The summed E-state index contributed by atoms with van der Waals surface area (Å²) in [5, 5.41) is 5.59. The Labute approximate surface area is 171 Å². The highest BCUT2D eigenvalue weighted by Gasteiger charge is 2.42. The molecular formula is C23H28N2O4. The molecule has 1 heterocycles. The van der Waals surface area contributed by atoms with Crippen molar-refractivity contribution in [2.75, 3.05) is 26.8 Å². The Kier molecular flexibility index (Phi) is 6.88. The van der Waals surface area contributed by atoms with E-state index in [1.165, 1.54) is 6.92 Å². The van der Waals surface area contributed by atoms with Gasteiger partial charge in [0.2, 0.25) is 5.91 Å². The van der Waals surface area contributed by atoms with Crippen molar-refractivity contribution in [2.24, 2.45) is 0 Å². The molecule has 2 N–H and O–H groups in total. The molecule has 6 nitrogen and oxygen atoms in total. The van der Waals surface area contributed by atoms with E-state index in [9.17, 15) is 9.59 Å². The van der Waals surface area contributed by atoms with Gasteiger partial charge in [0.1, 0.15) is 5.75 Å². The molecule has 0 radical (unpaired) electrons. The van der Waals surface area contributed by atoms with Crippen LogP contribution in [0.5, 0.6) is 5.75 Å². The minimum Gasteiger partial charge on any atom is -0.496 e. The fourth-order valence-electron chi connectivity index (χ4n) is 3.73. The van der Waals surface area contributed by atoms with Gasteiger partial charge < -0.3 is 20.1 Å². The number of ether oxygens (including phenoxy) is 2. The van der Waals surface area contributed by atoms with Gasteiger partial charge in [0.25, 0.3) is 5.91 Å². The van der Waals surface area contributed by atoms with E-state index in [1.807, 2.05) is 42.5 Å². The summed E-state index contributed by atoms with van der Waals surface area (Å²) in [5.41, 5.74) is 2.22. The van der Waals surface area contributed by atoms with Gasteiger partial charge >= 0.3 is 0 Å². The van der Waals surface area contributed by atoms with Crippen LogP contribution in [0.25, 0.3) is 11.1 Å². The number of methoxy groups -OCH3 is 1. The third-order valence-corrected chi connectivity index (χ3v) is 5.14. The summed E-state index contributed by atoms with van der Waals surface area (Å²) in [7, 11) is 1.66. The molecule has 154 valence electrons. The Balaban J connectivity index is 1.75. The quantitative estimate of drug-likeness (QED) is 0.673. The molecule has 1 fully saturated rings. The largest absolute Gasteiger partial charge is 0.496 e. The number of nitrogens with one attached hydrogen (secondary N) is 2. The van der Waals surface area contributed by atoms with Crippen molar-refractivity contribution in [3.05, 3.63) is 54.1 Å². The first-order chi connectivity index (χ1) is 14.0. The molecule has 2 amide bonds. The Bertz CT molecular complexity index is 859. The summed E-state index contributed by atoms with van der Waals surface area (Å²) in [5.74, 6) is 0.578. The second-order valence-corrected chi connectivity index (χ2v) is 7.26. The normalized spacial score (nSPS) is 18.3. The summed E-state index contributed by atoms with van der Waals surface area (Å²) in [6.45, 7) is 2.81. The monoisotopic (exact) mass is 396 g/mol. The number of benzene rings is 2. The minimum atomic E-state index is -0.865. The number of hydrogen-bond donors (Lipinski definition) is 2. The molecule has 0 bridgehead atoms. The van der Waals surface area contributed by atoms with E-state index in [4.69, 9.17) is 9.47 Å². The molecule has 1 saturated heterocycles. The highest BCUT2D eigenvalue weighted by molar-refractivity contribution is 5.86. The van der Waals surface area contributed by atoms with Gasteiger partial charge in [-0.05, 0) is 30.0 Å². The smallest absolute Gasteiger partial charge is 0.252 e. The Morgan fingerprint density at radius 3 is 2.62 bits per heavy atom. The lowest BCUT2D eigenvalue weighted by atomic mass is 9.89. The Hall–Kier alpha value is -2.86. The van der Waals surface area contributed by atoms with Crippen molar-refractivity contribution in [1.82, 2.24) is 10.6 Å². The van der Waals surface area contributed by atoms with Crippen molar-refractivity contribution < 1.29 is 19.1 Å². The predicted octanol–water partition coefficient (Wildman–Crippen LogP) is 2.71. The second-order valence-electron chi connectivity index (χ2n) is 7.26. The fourth-order valence-corrected chi connectivity index (χ4v) is 3.73. The van der Waals surface area contributed by atoms with Gasteiger partial charge in [0.05, 0.1) is 7.11 Å². The molecule has 1 unspecified atom stereocenters. The van der Waals surface area contributed by atoms with Crippen LogP contribution in [0.1, 0.15) is 25.3 Å². The molecule has 0 spiro atoms. The molecule has 1 atom stereocenters. The molecule has 2 aromatic rings. The maximum Gasteiger partial charge on any atom is 0.252 e. The molecule has 29 heavy (non-hydrogen) atoms. The van der Waals surface area contributed by atoms with Crippen LogP contribution in [-0.4, -0.2) is 44.2 Å². The summed E-state index contributed by atoms with van der Waals surface area (Å²) >= 11 is 0. The number of carbonyl (C=O) groups is 2. The van der Waals surface area contributed by atoms with E-state index in [1.54, 1.807) is 7.11 Å². The lowest BCUT2D eigenvalue weighted by molar-refractivity contribution is -0.141. The van der Waals surface area contributed by atoms with Gasteiger partial charge in [-0.25, -0.2) is 0 Å². The number of hydrogen-bond acceptors (Lipinski definition) is 4. The summed E-state index contributed by atoms with van der Waals surface area (Å²) in [6, 6.07) is 16.0. The van der Waals surface area contributed by atoms with Crippen molar-refractivity contribution in [3.63, 3.8) is 0 Å². The lowest BCUT2D eigenvalue weighted by Crippen LogP contribution is -2.49. The third kappa shape index (κ3) is 5.15. The van der Waals surface area contributed by atoms with Crippen LogP contribution in [0.15, 0.2) is 48.5 Å². The van der Waals surface area contributed by atoms with Gasteiger partial charge in [0, 0.05) is 38.6 Å². The van der Waals surface area contributed by atoms with Crippen LogP contribution in [0.2, 0.25) is 0 Å². The van der Waals surface area contributed by atoms with Crippen molar-refractivity contribution in [2.45, 2.75) is 31.8 Å². The zero-order valence-corrected chi connectivity index (χ0v) is 17.0. The molecule has 0 saturated carbocycles. The van der Waals surface area contributed by atoms with E-state index in [-0.39, 0.29) is 11.8 Å². The number of para-hydroxylation sites is 1. The topological polar surface area (TPSA) is 76.7 Å². The maximum absolute atomic E-state index is 12.9. The zero-order valence-electron chi connectivity index (χ0n) is 17.0. The predicted molar refractivity (Wildman–Crippen MR) is 112 cm³/mol. The van der Waals surface area contributed by atoms with Gasteiger partial charge in [-0.1, -0.05) is 42.5 Å². The van der Waals surface area contributed by atoms with E-state index in [0.717, 1.165) is 28.9 Å².